The summed E-state index contributed by atoms with van der Waals surface area (Å²) in [5.74, 6) is -1.98. The van der Waals surface area contributed by atoms with Crippen LogP contribution in [0.4, 0.5) is 0 Å². The van der Waals surface area contributed by atoms with Crippen molar-refractivity contribution in [1.29, 1.82) is 0 Å². The van der Waals surface area contributed by atoms with Gasteiger partial charge in [-0.2, -0.15) is 5.06 Å². The van der Waals surface area contributed by atoms with Gasteiger partial charge in [0.25, 0.3) is 0 Å². The maximum Gasteiger partial charge on any atom is 0.221 e. The highest BCUT2D eigenvalue weighted by Gasteiger charge is 2.55. The predicted molar refractivity (Wildman–Crippen MR) is 64.9 cm³/mol. The zero-order valence-electron chi connectivity index (χ0n) is 11.1. The molecular weight excluding hydrogens is 254 g/mol. The number of aliphatic hydroxyl groups excluding tert-OH is 3. The number of ether oxygens (including phenoxy) is 1. The predicted octanol–water partition coefficient (Wildman–Crippen LogP) is -1.41. The number of rotatable bonds is 5. The molecule has 4 N–H and O–H groups in total. The van der Waals surface area contributed by atoms with Gasteiger partial charge in [0.2, 0.25) is 5.79 Å². The summed E-state index contributed by atoms with van der Waals surface area (Å²) in [6.45, 7) is 3.01. The third kappa shape index (κ3) is 3.08. The Kier molecular flexibility index (Phi) is 4.78. The lowest BCUT2D eigenvalue weighted by atomic mass is 10.0. The molecule has 2 fully saturated rings. The largest absolute Gasteiger partial charge is 0.390 e. The highest BCUT2D eigenvalue weighted by Crippen LogP contribution is 2.32. The van der Waals surface area contributed by atoms with Gasteiger partial charge in [0, 0.05) is 13.1 Å². The summed E-state index contributed by atoms with van der Waals surface area (Å²) >= 11 is 0. The molecule has 7 nitrogen and oxygen atoms in total. The first-order valence-electron chi connectivity index (χ1n) is 6.80. The second kappa shape index (κ2) is 6.01. The molecule has 0 bridgehead atoms. The van der Waals surface area contributed by atoms with Gasteiger partial charge in [-0.15, -0.1) is 0 Å². The minimum Gasteiger partial charge on any atom is -0.390 e. The first-order chi connectivity index (χ1) is 8.98. The topological polar surface area (TPSA) is 103 Å². The van der Waals surface area contributed by atoms with Crippen LogP contribution < -0.4 is 0 Å². The van der Waals surface area contributed by atoms with Crippen molar-refractivity contribution in [3.05, 3.63) is 0 Å². The van der Waals surface area contributed by atoms with Crippen LogP contribution >= 0.6 is 0 Å². The van der Waals surface area contributed by atoms with Crippen LogP contribution in [0.5, 0.6) is 0 Å². The Bertz CT molecular complexity index is 298. The van der Waals surface area contributed by atoms with Gasteiger partial charge in [0.05, 0.1) is 6.10 Å². The Balaban J connectivity index is 1.93. The molecule has 0 saturated carbocycles. The van der Waals surface area contributed by atoms with Gasteiger partial charge in [-0.25, -0.2) is 0 Å². The van der Waals surface area contributed by atoms with Gasteiger partial charge >= 0.3 is 0 Å². The molecule has 2 rings (SSSR count). The Morgan fingerprint density at radius 1 is 1.37 bits per heavy atom. The summed E-state index contributed by atoms with van der Waals surface area (Å²) in [7, 11) is 0. The zero-order chi connectivity index (χ0) is 14.0. The average Bonchev–Trinajstić information content (AvgIpc) is 2.99. The van der Waals surface area contributed by atoms with Crippen molar-refractivity contribution in [3.63, 3.8) is 0 Å². The smallest absolute Gasteiger partial charge is 0.221 e. The Morgan fingerprint density at radius 2 is 2.00 bits per heavy atom. The number of nitrogens with zero attached hydrogens (tertiary/aromatic N) is 1. The van der Waals surface area contributed by atoms with E-state index in [1.807, 2.05) is 0 Å². The average molecular weight is 277 g/mol. The molecule has 5 atom stereocenters. The summed E-state index contributed by atoms with van der Waals surface area (Å²) in [6.07, 6.45) is -2.36. The molecule has 19 heavy (non-hydrogen) atoms. The Morgan fingerprint density at radius 3 is 2.58 bits per heavy atom. The van der Waals surface area contributed by atoms with E-state index in [0.717, 1.165) is 25.9 Å². The number of hydrogen-bond acceptors (Lipinski definition) is 7. The van der Waals surface area contributed by atoms with Gasteiger partial charge < -0.3 is 25.2 Å². The first-order valence-corrected chi connectivity index (χ1v) is 6.80. The van der Waals surface area contributed by atoms with Crippen molar-refractivity contribution in [3.8, 4) is 0 Å². The quantitative estimate of drug-likeness (QED) is 0.490. The molecule has 0 aromatic carbocycles. The van der Waals surface area contributed by atoms with Crippen LogP contribution in [0.2, 0.25) is 0 Å². The number of aliphatic hydroxyl groups is 4. The van der Waals surface area contributed by atoms with E-state index in [9.17, 15) is 20.4 Å². The number of hydrogen-bond donors (Lipinski definition) is 4. The molecular formula is C12H23NO6. The van der Waals surface area contributed by atoms with Crippen molar-refractivity contribution >= 4 is 0 Å². The molecule has 0 aromatic heterocycles. The minimum absolute atomic E-state index is 0.266. The molecule has 0 radical (unpaired) electrons. The number of hydroxylamine groups is 2. The summed E-state index contributed by atoms with van der Waals surface area (Å²) < 4.78 is 5.24. The lowest BCUT2D eigenvalue weighted by molar-refractivity contribution is -0.295. The Labute approximate surface area is 112 Å². The van der Waals surface area contributed by atoms with Crippen LogP contribution in [0.1, 0.15) is 26.2 Å². The van der Waals surface area contributed by atoms with Crippen molar-refractivity contribution < 1.29 is 30.0 Å². The van der Waals surface area contributed by atoms with E-state index in [1.54, 1.807) is 12.0 Å². The molecule has 2 aliphatic heterocycles. The Hall–Kier alpha value is -0.280. The van der Waals surface area contributed by atoms with Gasteiger partial charge in [0.1, 0.15) is 24.9 Å². The fourth-order valence-corrected chi connectivity index (χ4v) is 2.48. The van der Waals surface area contributed by atoms with E-state index in [0.29, 0.717) is 6.42 Å². The van der Waals surface area contributed by atoms with E-state index >= 15 is 0 Å². The molecule has 1 unspecified atom stereocenters. The minimum atomic E-state index is -1.98. The molecule has 2 heterocycles. The molecule has 0 amide bonds. The summed E-state index contributed by atoms with van der Waals surface area (Å²) in [6, 6.07) is 0. The van der Waals surface area contributed by atoms with E-state index < -0.39 is 30.2 Å². The van der Waals surface area contributed by atoms with E-state index in [-0.39, 0.29) is 6.61 Å². The van der Waals surface area contributed by atoms with Gasteiger partial charge in [0.15, 0.2) is 0 Å². The summed E-state index contributed by atoms with van der Waals surface area (Å²) in [5, 5.41) is 41.3. The third-order valence-corrected chi connectivity index (χ3v) is 3.78. The standard InChI is InChI=1S/C12H23NO6/c1-2-8(14)10-9(15)11(16)12(17,19-10)7-18-13-5-3-4-6-13/h8-11,14-17H,2-7H2,1H3/t8?,9-,10+,11+,12-/m1/s1. The second-order valence-corrected chi connectivity index (χ2v) is 5.25. The monoisotopic (exact) mass is 277 g/mol. The van der Waals surface area contributed by atoms with E-state index in [4.69, 9.17) is 9.57 Å². The van der Waals surface area contributed by atoms with Crippen LogP contribution in [0.15, 0.2) is 0 Å². The van der Waals surface area contributed by atoms with Crippen molar-refractivity contribution in [2.45, 2.75) is 56.4 Å². The van der Waals surface area contributed by atoms with Crippen LogP contribution in [0.25, 0.3) is 0 Å². The maximum absolute atomic E-state index is 10.2. The molecule has 0 aromatic rings. The van der Waals surface area contributed by atoms with Crippen LogP contribution in [0, 0.1) is 0 Å². The lowest BCUT2D eigenvalue weighted by Crippen LogP contribution is -2.48. The van der Waals surface area contributed by atoms with Crippen molar-refractivity contribution in [2.24, 2.45) is 0 Å². The van der Waals surface area contributed by atoms with Gasteiger partial charge in [-0.3, -0.25) is 4.84 Å². The van der Waals surface area contributed by atoms with Gasteiger partial charge in [-0.1, -0.05) is 6.92 Å². The normalized spacial score (nSPS) is 41.8. The highest BCUT2D eigenvalue weighted by atomic mass is 16.7. The molecule has 7 heteroatoms. The summed E-state index contributed by atoms with van der Waals surface area (Å²) in [5.41, 5.74) is 0. The molecule has 112 valence electrons. The SMILES string of the molecule is CCC(O)[C@@H]1O[C@](O)(CON2CCCC2)[C@@H](O)[C@@H]1O. The first kappa shape index (κ1) is 15.1. The molecule has 0 spiro atoms. The van der Waals surface area contributed by atoms with Crippen LogP contribution in [-0.2, 0) is 9.57 Å². The second-order valence-electron chi connectivity index (χ2n) is 5.25. The van der Waals surface area contributed by atoms with Crippen LogP contribution in [0.3, 0.4) is 0 Å². The van der Waals surface area contributed by atoms with E-state index in [1.165, 1.54) is 0 Å². The van der Waals surface area contributed by atoms with Crippen molar-refractivity contribution in [2.75, 3.05) is 19.7 Å². The fourth-order valence-electron chi connectivity index (χ4n) is 2.48. The third-order valence-electron chi connectivity index (χ3n) is 3.78. The molecule has 0 aliphatic carbocycles. The lowest BCUT2D eigenvalue weighted by Gasteiger charge is -2.28. The fraction of sp³-hybridized carbons (Fsp3) is 1.00. The highest BCUT2D eigenvalue weighted by molar-refractivity contribution is 4.97. The summed E-state index contributed by atoms with van der Waals surface area (Å²) in [4.78, 5) is 5.38. The van der Waals surface area contributed by atoms with Crippen molar-refractivity contribution in [1.82, 2.24) is 5.06 Å². The molecule has 2 saturated heterocycles. The van der Waals surface area contributed by atoms with Crippen LogP contribution in [-0.4, -0.2) is 75.4 Å². The van der Waals surface area contributed by atoms with Gasteiger partial charge in [-0.05, 0) is 19.3 Å². The van der Waals surface area contributed by atoms with E-state index in [2.05, 4.69) is 0 Å². The zero-order valence-corrected chi connectivity index (χ0v) is 11.1. The maximum atomic E-state index is 10.2. The molecule has 2 aliphatic rings.